The van der Waals surface area contributed by atoms with Crippen molar-refractivity contribution < 1.29 is 23.8 Å². The van der Waals surface area contributed by atoms with Crippen LogP contribution >= 0.6 is 31.9 Å². The molecule has 2 aromatic rings. The average Bonchev–Trinajstić information content (AvgIpc) is 2.79. The number of nitrogens with zero attached hydrogens (tertiary/aromatic N) is 1. The van der Waals surface area contributed by atoms with Crippen molar-refractivity contribution in [2.24, 2.45) is 5.10 Å². The molecule has 0 fully saturated rings. The van der Waals surface area contributed by atoms with Crippen LogP contribution < -0.4 is 25.0 Å². The zero-order chi connectivity index (χ0) is 24.4. The Morgan fingerprint density at radius 3 is 2.39 bits per heavy atom. The molecule has 0 saturated carbocycles. The smallest absolute Gasteiger partial charge is 0.277 e. The molecule has 0 saturated heterocycles. The second kappa shape index (κ2) is 13.2. The molecular formula is C23H27Br2N3O5. The molecule has 178 valence electrons. The van der Waals surface area contributed by atoms with Gasteiger partial charge in [0.25, 0.3) is 5.91 Å². The maximum absolute atomic E-state index is 12.1. The van der Waals surface area contributed by atoms with E-state index in [4.69, 9.17) is 14.2 Å². The Morgan fingerprint density at radius 1 is 0.970 bits per heavy atom. The molecule has 2 rings (SSSR count). The average molecular weight is 585 g/mol. The monoisotopic (exact) mass is 583 g/mol. The van der Waals surface area contributed by atoms with Crippen molar-refractivity contribution in [1.82, 2.24) is 10.7 Å². The van der Waals surface area contributed by atoms with E-state index < -0.39 is 5.91 Å². The summed E-state index contributed by atoms with van der Waals surface area (Å²) in [5.74, 6) is 1.25. The van der Waals surface area contributed by atoms with Gasteiger partial charge in [0.1, 0.15) is 5.75 Å². The predicted octanol–water partition coefficient (Wildman–Crippen LogP) is 4.16. The Hall–Kier alpha value is -2.59. The first-order valence-electron chi connectivity index (χ1n) is 10.1. The summed E-state index contributed by atoms with van der Waals surface area (Å²) in [6.45, 7) is 3.86. The lowest BCUT2D eigenvalue weighted by Crippen LogP contribution is -2.29. The van der Waals surface area contributed by atoms with E-state index in [2.05, 4.69) is 47.7 Å². The van der Waals surface area contributed by atoms with E-state index in [1.165, 1.54) is 0 Å². The summed E-state index contributed by atoms with van der Waals surface area (Å²) in [4.78, 5) is 24.1. The van der Waals surface area contributed by atoms with E-state index in [-0.39, 0.29) is 18.9 Å². The van der Waals surface area contributed by atoms with Crippen LogP contribution in [0.25, 0.3) is 0 Å². The first-order chi connectivity index (χ1) is 15.7. The fraction of sp³-hybridized carbons (Fsp3) is 0.348. The largest absolute Gasteiger partial charge is 0.493 e. The van der Waals surface area contributed by atoms with Gasteiger partial charge in [-0.25, -0.2) is 5.43 Å². The summed E-state index contributed by atoms with van der Waals surface area (Å²) in [5.41, 5.74) is 4.88. The second-order valence-electron chi connectivity index (χ2n) is 7.17. The maximum Gasteiger partial charge on any atom is 0.277 e. The van der Waals surface area contributed by atoms with Crippen molar-refractivity contribution in [3.05, 3.63) is 50.4 Å². The Bertz CT molecular complexity index is 1030. The molecule has 8 nitrogen and oxygen atoms in total. The van der Waals surface area contributed by atoms with Crippen LogP contribution in [0.2, 0.25) is 0 Å². The third-order valence-electron chi connectivity index (χ3n) is 4.54. The Morgan fingerprint density at radius 2 is 1.70 bits per heavy atom. The minimum atomic E-state index is -0.421. The molecule has 2 N–H and O–H groups in total. The zero-order valence-electron chi connectivity index (χ0n) is 19.0. The summed E-state index contributed by atoms with van der Waals surface area (Å²) in [5, 5.41) is 6.81. The van der Waals surface area contributed by atoms with Gasteiger partial charge in [-0.1, -0.05) is 22.0 Å². The zero-order valence-corrected chi connectivity index (χ0v) is 22.1. The van der Waals surface area contributed by atoms with Gasteiger partial charge in [-0.15, -0.1) is 0 Å². The molecule has 2 amide bonds. The Balaban J connectivity index is 1.73. The van der Waals surface area contributed by atoms with Gasteiger partial charge in [0.05, 0.1) is 25.1 Å². The fourth-order valence-electron chi connectivity index (χ4n) is 2.79. The quantitative estimate of drug-likeness (QED) is 0.305. The number of halogens is 2. The van der Waals surface area contributed by atoms with Gasteiger partial charge in [-0.3, -0.25) is 9.59 Å². The molecular weight excluding hydrogens is 558 g/mol. The number of hydrogen-bond acceptors (Lipinski definition) is 6. The molecule has 0 bridgehead atoms. The first kappa shape index (κ1) is 26.7. The van der Waals surface area contributed by atoms with E-state index in [0.29, 0.717) is 35.9 Å². The number of hydrogen-bond donors (Lipinski definition) is 2. The van der Waals surface area contributed by atoms with Gasteiger partial charge < -0.3 is 19.5 Å². The van der Waals surface area contributed by atoms with Gasteiger partial charge in [0.2, 0.25) is 5.91 Å². The lowest BCUT2D eigenvalue weighted by Gasteiger charge is -2.10. The van der Waals surface area contributed by atoms with E-state index in [1.807, 2.05) is 37.3 Å². The minimum Gasteiger partial charge on any atom is -0.493 e. The minimum absolute atomic E-state index is 0.0739. The van der Waals surface area contributed by atoms with Crippen molar-refractivity contribution in [1.29, 1.82) is 0 Å². The SMILES string of the molecule is COc1ccc(CCNC(=O)C/C(C)=N/NC(=O)COc2cc(C)c(Br)cc2Br)cc1OC. The molecule has 0 radical (unpaired) electrons. The highest BCUT2D eigenvalue weighted by Crippen LogP contribution is 2.31. The van der Waals surface area contributed by atoms with Crippen molar-refractivity contribution in [3.63, 3.8) is 0 Å². The highest BCUT2D eigenvalue weighted by atomic mass is 79.9. The molecule has 10 heteroatoms. The number of benzene rings is 2. The first-order valence-corrected chi connectivity index (χ1v) is 11.7. The number of ether oxygens (including phenoxy) is 3. The van der Waals surface area contributed by atoms with Gasteiger partial charge in [-0.2, -0.15) is 5.10 Å². The highest BCUT2D eigenvalue weighted by molar-refractivity contribution is 9.11. The molecule has 2 aromatic carbocycles. The normalized spacial score (nSPS) is 11.0. The van der Waals surface area contributed by atoms with Gasteiger partial charge in [0, 0.05) is 16.7 Å². The molecule has 0 aliphatic heterocycles. The molecule has 0 aliphatic rings. The van der Waals surface area contributed by atoms with E-state index in [0.717, 1.165) is 20.1 Å². The van der Waals surface area contributed by atoms with Crippen LogP contribution in [0.4, 0.5) is 0 Å². The number of aryl methyl sites for hydroxylation is 1. The molecule has 0 heterocycles. The van der Waals surface area contributed by atoms with Crippen molar-refractivity contribution in [2.45, 2.75) is 26.7 Å². The molecule has 33 heavy (non-hydrogen) atoms. The van der Waals surface area contributed by atoms with Crippen LogP contribution in [0, 0.1) is 6.92 Å². The van der Waals surface area contributed by atoms with Crippen LogP contribution in [0.3, 0.4) is 0 Å². The number of methoxy groups -OCH3 is 2. The van der Waals surface area contributed by atoms with Crippen LogP contribution in [0.15, 0.2) is 44.4 Å². The van der Waals surface area contributed by atoms with Crippen molar-refractivity contribution >= 4 is 49.4 Å². The summed E-state index contributed by atoms with van der Waals surface area (Å²) < 4.78 is 17.7. The summed E-state index contributed by atoms with van der Waals surface area (Å²) in [6, 6.07) is 9.31. The standard InChI is InChI=1S/C23H27Br2N3O5/c1-14-9-20(18(25)12-17(14)24)33-13-23(30)28-27-15(2)10-22(29)26-8-7-16-5-6-19(31-3)21(11-16)32-4/h5-6,9,11-12H,7-8,10,13H2,1-4H3,(H,26,29)(H,28,30)/b27-15+. The number of rotatable bonds is 11. The number of carbonyl (C=O) groups is 2. The van der Waals surface area contributed by atoms with E-state index in [9.17, 15) is 9.59 Å². The summed E-state index contributed by atoms with van der Waals surface area (Å²) in [7, 11) is 3.16. The third-order valence-corrected chi connectivity index (χ3v) is 6.02. The number of amides is 2. The van der Waals surface area contributed by atoms with Crippen LogP contribution in [0.5, 0.6) is 17.2 Å². The van der Waals surface area contributed by atoms with Crippen LogP contribution in [-0.2, 0) is 16.0 Å². The molecule has 0 aliphatic carbocycles. The van der Waals surface area contributed by atoms with Crippen molar-refractivity contribution in [3.8, 4) is 17.2 Å². The molecule has 0 aromatic heterocycles. The van der Waals surface area contributed by atoms with Crippen LogP contribution in [0.1, 0.15) is 24.5 Å². The lowest BCUT2D eigenvalue weighted by molar-refractivity contribution is -0.123. The number of carbonyl (C=O) groups excluding carboxylic acids is 2. The Kier molecular flexibility index (Phi) is 10.7. The molecule has 0 unspecified atom stereocenters. The Labute approximate surface area is 210 Å². The van der Waals surface area contributed by atoms with Gasteiger partial charge in [-0.05, 0) is 71.6 Å². The van der Waals surface area contributed by atoms with E-state index in [1.54, 1.807) is 21.1 Å². The van der Waals surface area contributed by atoms with Crippen molar-refractivity contribution in [2.75, 3.05) is 27.4 Å². The van der Waals surface area contributed by atoms with E-state index >= 15 is 0 Å². The third kappa shape index (κ3) is 8.70. The van der Waals surface area contributed by atoms with Crippen LogP contribution in [-0.4, -0.2) is 44.9 Å². The topological polar surface area (TPSA) is 98.2 Å². The fourth-order valence-corrected chi connectivity index (χ4v) is 3.90. The molecule has 0 spiro atoms. The predicted molar refractivity (Wildman–Crippen MR) is 134 cm³/mol. The summed E-state index contributed by atoms with van der Waals surface area (Å²) in [6.07, 6.45) is 0.714. The second-order valence-corrected chi connectivity index (χ2v) is 8.88. The molecule has 0 atom stereocenters. The maximum atomic E-state index is 12.1. The highest BCUT2D eigenvalue weighted by Gasteiger charge is 2.09. The number of nitrogens with one attached hydrogen (secondary N) is 2. The lowest BCUT2D eigenvalue weighted by atomic mass is 10.1. The van der Waals surface area contributed by atoms with Gasteiger partial charge >= 0.3 is 0 Å². The van der Waals surface area contributed by atoms with Gasteiger partial charge in [0.15, 0.2) is 18.1 Å². The summed E-state index contributed by atoms with van der Waals surface area (Å²) >= 11 is 6.83. The number of hydrazone groups is 1.